The molecule has 0 aliphatic heterocycles. The van der Waals surface area contributed by atoms with E-state index < -0.39 is 26.6 Å². The van der Waals surface area contributed by atoms with Crippen molar-refractivity contribution in [3.05, 3.63) is 59.2 Å². The lowest BCUT2D eigenvalue weighted by Gasteiger charge is -2.30. The van der Waals surface area contributed by atoms with E-state index in [4.69, 9.17) is 4.74 Å². The minimum Gasteiger partial charge on any atom is -0.493 e. The summed E-state index contributed by atoms with van der Waals surface area (Å²) < 4.78 is 59.7. The van der Waals surface area contributed by atoms with E-state index >= 15 is 0 Å². The molecule has 0 unspecified atom stereocenters. The first-order valence-corrected chi connectivity index (χ1v) is 13.0. The van der Waals surface area contributed by atoms with Gasteiger partial charge in [-0.1, -0.05) is 53.7 Å². The minimum absolute atomic E-state index is 0.0377. The predicted molar refractivity (Wildman–Crippen MR) is 129 cm³/mol. The molecule has 0 bridgehead atoms. The van der Waals surface area contributed by atoms with Gasteiger partial charge < -0.3 is 4.74 Å². The summed E-state index contributed by atoms with van der Waals surface area (Å²) in [6, 6.07) is 8.84. The average Bonchev–Trinajstić information content (AvgIpc) is 2.75. The van der Waals surface area contributed by atoms with E-state index in [-0.39, 0.29) is 17.4 Å². The third kappa shape index (κ3) is 7.00. The van der Waals surface area contributed by atoms with Gasteiger partial charge >= 0.3 is 0 Å². The summed E-state index contributed by atoms with van der Waals surface area (Å²) in [5.41, 5.74) is 2.51. The molecule has 0 radical (unpaired) electrons. The first-order valence-electron chi connectivity index (χ1n) is 11.6. The molecule has 0 fully saturated rings. The number of hydrogen-bond donors (Lipinski definition) is 1. The third-order valence-electron chi connectivity index (χ3n) is 6.56. The Kier molecular flexibility index (Phi) is 9.05. The molecule has 2 rings (SSSR count). The third-order valence-corrected chi connectivity index (χ3v) is 8.06. The van der Waals surface area contributed by atoms with Gasteiger partial charge in [0.05, 0.1) is 6.61 Å². The average molecular weight is 482 g/mol. The summed E-state index contributed by atoms with van der Waals surface area (Å²) in [5.74, 6) is -1.07. The van der Waals surface area contributed by atoms with E-state index in [0.717, 1.165) is 30.7 Å². The van der Waals surface area contributed by atoms with Crippen molar-refractivity contribution in [1.29, 1.82) is 0 Å². The molecular formula is C26H37F2NO3S. The van der Waals surface area contributed by atoms with Gasteiger partial charge in [-0.3, -0.25) is 0 Å². The normalized spacial score (nSPS) is 12.7. The van der Waals surface area contributed by atoms with Gasteiger partial charge in [0.2, 0.25) is 10.0 Å². The highest BCUT2D eigenvalue weighted by atomic mass is 32.2. The molecule has 0 atom stereocenters. The van der Waals surface area contributed by atoms with E-state index in [1.54, 1.807) is 0 Å². The zero-order valence-electron chi connectivity index (χ0n) is 20.6. The molecule has 4 nitrogen and oxygen atoms in total. The van der Waals surface area contributed by atoms with Crippen LogP contribution in [0.5, 0.6) is 5.75 Å². The zero-order chi connectivity index (χ0) is 24.9. The summed E-state index contributed by atoms with van der Waals surface area (Å²) in [4.78, 5) is -0.554. The van der Waals surface area contributed by atoms with Crippen molar-refractivity contribution in [1.82, 2.24) is 4.72 Å². The Bertz CT molecular complexity index is 1050. The number of halogens is 2. The second-order valence-corrected chi connectivity index (χ2v) is 11.4. The van der Waals surface area contributed by atoms with Crippen molar-refractivity contribution in [3.63, 3.8) is 0 Å². The molecular weight excluding hydrogens is 444 g/mol. The summed E-state index contributed by atoms with van der Waals surface area (Å²) in [7, 11) is -4.03. The molecule has 0 aromatic heterocycles. The molecule has 0 spiro atoms. The van der Waals surface area contributed by atoms with Crippen molar-refractivity contribution in [2.75, 3.05) is 13.2 Å². The Labute approximate surface area is 197 Å². The van der Waals surface area contributed by atoms with Crippen LogP contribution >= 0.6 is 0 Å². The summed E-state index contributed by atoms with van der Waals surface area (Å²) >= 11 is 0. The quantitative estimate of drug-likeness (QED) is 0.353. The maximum Gasteiger partial charge on any atom is 0.243 e. The van der Waals surface area contributed by atoms with Gasteiger partial charge in [-0.2, -0.15) is 0 Å². The van der Waals surface area contributed by atoms with Crippen LogP contribution < -0.4 is 9.46 Å². The fraction of sp³-hybridized carbons (Fsp3) is 0.538. The molecule has 0 saturated heterocycles. The second kappa shape index (κ2) is 11.0. The van der Waals surface area contributed by atoms with Crippen LogP contribution in [-0.2, 0) is 20.9 Å². The van der Waals surface area contributed by atoms with Crippen LogP contribution in [0.3, 0.4) is 0 Å². The number of unbranched alkanes of at least 4 members (excludes halogenated alkanes) is 1. The lowest BCUT2D eigenvalue weighted by atomic mass is 9.76. The molecule has 0 amide bonds. The highest BCUT2D eigenvalue weighted by Gasteiger charge is 2.26. The van der Waals surface area contributed by atoms with Gasteiger partial charge in [0.25, 0.3) is 0 Å². The summed E-state index contributed by atoms with van der Waals surface area (Å²) in [5, 5.41) is 0. The standard InChI is InChI=1S/C26H37F2NO3S/c1-7-25(3,4)19-11-13-23(21(17-19)26(5,6)8-2)32-16-10-9-15-29-33(30,31)24-14-12-20(27)18-22(24)28/h11-14,17-18,29H,7-10,15-16H2,1-6H3. The Hall–Kier alpha value is -1.99. The number of ether oxygens (including phenoxy) is 1. The van der Waals surface area contributed by atoms with Crippen LogP contribution in [-0.4, -0.2) is 21.6 Å². The van der Waals surface area contributed by atoms with E-state index in [1.807, 2.05) is 6.07 Å². The molecule has 0 aliphatic carbocycles. The summed E-state index contributed by atoms with van der Waals surface area (Å²) in [6.45, 7) is 13.8. The van der Waals surface area contributed by atoms with Gasteiger partial charge in [-0.15, -0.1) is 0 Å². The SMILES string of the molecule is CCC(C)(C)c1ccc(OCCCCNS(=O)(=O)c2ccc(F)cc2F)c(C(C)(C)CC)c1. The highest BCUT2D eigenvalue weighted by molar-refractivity contribution is 7.89. The predicted octanol–water partition coefficient (Wildman–Crippen LogP) is 6.48. The fourth-order valence-corrected chi connectivity index (χ4v) is 4.52. The van der Waals surface area contributed by atoms with Crippen LogP contribution in [0.15, 0.2) is 41.3 Å². The molecule has 0 saturated carbocycles. The van der Waals surface area contributed by atoms with Crippen LogP contribution in [0.1, 0.15) is 78.4 Å². The Morgan fingerprint density at radius 2 is 1.58 bits per heavy atom. The number of hydrogen-bond acceptors (Lipinski definition) is 3. The smallest absolute Gasteiger partial charge is 0.243 e. The van der Waals surface area contributed by atoms with Crippen molar-refractivity contribution < 1.29 is 21.9 Å². The van der Waals surface area contributed by atoms with Crippen molar-refractivity contribution in [3.8, 4) is 5.75 Å². The summed E-state index contributed by atoms with van der Waals surface area (Å²) in [6.07, 6.45) is 3.16. The fourth-order valence-electron chi connectivity index (χ4n) is 3.39. The van der Waals surface area contributed by atoms with Crippen molar-refractivity contribution >= 4 is 10.0 Å². The minimum atomic E-state index is -4.03. The Morgan fingerprint density at radius 1 is 0.909 bits per heavy atom. The molecule has 1 N–H and O–H groups in total. The molecule has 2 aromatic carbocycles. The van der Waals surface area contributed by atoms with Gasteiger partial charge in [0, 0.05) is 18.2 Å². The van der Waals surface area contributed by atoms with E-state index in [1.165, 1.54) is 11.1 Å². The molecule has 7 heteroatoms. The Balaban J connectivity index is 1.97. The van der Waals surface area contributed by atoms with E-state index in [9.17, 15) is 17.2 Å². The van der Waals surface area contributed by atoms with Gasteiger partial charge in [-0.05, 0) is 60.3 Å². The topological polar surface area (TPSA) is 55.4 Å². The largest absolute Gasteiger partial charge is 0.493 e. The highest BCUT2D eigenvalue weighted by Crippen LogP contribution is 2.38. The van der Waals surface area contributed by atoms with E-state index in [0.29, 0.717) is 25.5 Å². The lowest BCUT2D eigenvalue weighted by Crippen LogP contribution is -2.26. The number of benzene rings is 2. The van der Waals surface area contributed by atoms with Crippen molar-refractivity contribution in [2.45, 2.75) is 83.0 Å². The Morgan fingerprint density at radius 3 is 2.18 bits per heavy atom. The molecule has 0 heterocycles. The van der Waals surface area contributed by atoms with Crippen molar-refractivity contribution in [2.24, 2.45) is 0 Å². The maximum absolute atomic E-state index is 13.8. The zero-order valence-corrected chi connectivity index (χ0v) is 21.4. The van der Waals surface area contributed by atoms with Crippen LogP contribution in [0, 0.1) is 11.6 Å². The van der Waals surface area contributed by atoms with Gasteiger partial charge in [0.1, 0.15) is 22.3 Å². The molecule has 0 aliphatic rings. The van der Waals surface area contributed by atoms with Gasteiger partial charge in [-0.25, -0.2) is 21.9 Å². The van der Waals surface area contributed by atoms with E-state index in [2.05, 4.69) is 58.4 Å². The monoisotopic (exact) mass is 481 g/mol. The van der Waals surface area contributed by atoms with Crippen LogP contribution in [0.4, 0.5) is 8.78 Å². The second-order valence-electron chi connectivity index (χ2n) is 9.71. The van der Waals surface area contributed by atoms with Crippen LogP contribution in [0.25, 0.3) is 0 Å². The molecule has 33 heavy (non-hydrogen) atoms. The first kappa shape index (κ1) is 27.3. The van der Waals surface area contributed by atoms with Gasteiger partial charge in [0.15, 0.2) is 0 Å². The lowest BCUT2D eigenvalue weighted by molar-refractivity contribution is 0.296. The number of sulfonamides is 1. The number of rotatable bonds is 12. The first-order chi connectivity index (χ1) is 15.3. The molecule has 184 valence electrons. The van der Waals surface area contributed by atoms with Crippen LogP contribution in [0.2, 0.25) is 0 Å². The molecule has 2 aromatic rings. The maximum atomic E-state index is 13.8. The number of nitrogens with one attached hydrogen (secondary N) is 1.